The van der Waals surface area contributed by atoms with E-state index in [2.05, 4.69) is 29.1 Å². The number of thiophene rings is 1. The molecule has 0 aliphatic heterocycles. The predicted molar refractivity (Wildman–Crippen MR) is 71.8 cm³/mol. The summed E-state index contributed by atoms with van der Waals surface area (Å²) in [6, 6.07) is 0. The Morgan fingerprint density at radius 2 is 2.06 bits per heavy atom. The van der Waals surface area contributed by atoms with Crippen LogP contribution in [0.25, 0.3) is 10.2 Å². The van der Waals surface area contributed by atoms with Gasteiger partial charge < -0.3 is 10.1 Å². The molecule has 4 nitrogen and oxygen atoms in total. The Balaban J connectivity index is 2.54. The van der Waals surface area contributed by atoms with E-state index in [9.17, 15) is 0 Å². The van der Waals surface area contributed by atoms with E-state index in [4.69, 9.17) is 4.74 Å². The van der Waals surface area contributed by atoms with Crippen LogP contribution in [0.5, 0.6) is 0 Å². The zero-order valence-corrected chi connectivity index (χ0v) is 11.4. The Bertz CT molecular complexity index is 536. The van der Waals surface area contributed by atoms with Crippen LogP contribution in [0.3, 0.4) is 0 Å². The molecule has 17 heavy (non-hydrogen) atoms. The van der Waals surface area contributed by atoms with Crippen LogP contribution in [0.1, 0.15) is 23.2 Å². The molecule has 0 saturated heterocycles. The third-order valence-corrected chi connectivity index (χ3v) is 3.85. The van der Waals surface area contributed by atoms with E-state index in [1.54, 1.807) is 11.3 Å². The number of nitrogens with one attached hydrogen (secondary N) is 1. The van der Waals surface area contributed by atoms with E-state index < -0.39 is 0 Å². The van der Waals surface area contributed by atoms with E-state index in [1.165, 1.54) is 10.4 Å². The van der Waals surface area contributed by atoms with E-state index in [0.29, 0.717) is 13.2 Å². The Hall–Kier alpha value is -1.20. The van der Waals surface area contributed by atoms with Gasteiger partial charge >= 0.3 is 0 Å². The molecule has 2 aromatic rings. The number of hydrogen-bond acceptors (Lipinski definition) is 5. The predicted octanol–water partition coefficient (Wildman–Crippen LogP) is 2.89. The van der Waals surface area contributed by atoms with E-state index >= 15 is 0 Å². The molecule has 0 aliphatic carbocycles. The number of fused-ring (bicyclic) bond motifs is 1. The fraction of sp³-hybridized carbons (Fsp3) is 0.500. The second kappa shape index (κ2) is 4.98. The van der Waals surface area contributed by atoms with Crippen LogP contribution in [0.4, 0.5) is 5.82 Å². The second-order valence-corrected chi connectivity index (χ2v) is 5.04. The van der Waals surface area contributed by atoms with Crippen LogP contribution in [0, 0.1) is 13.8 Å². The molecule has 2 rings (SSSR count). The number of aryl methyl sites for hydroxylation is 2. The number of anilines is 1. The average molecular weight is 251 g/mol. The van der Waals surface area contributed by atoms with Crippen molar-refractivity contribution in [2.75, 3.05) is 19.0 Å². The Labute approximate surface area is 105 Å². The molecule has 0 spiro atoms. The largest absolute Gasteiger partial charge is 0.374 e. The van der Waals surface area contributed by atoms with Crippen molar-refractivity contribution < 1.29 is 4.74 Å². The van der Waals surface area contributed by atoms with E-state index in [-0.39, 0.29) is 0 Å². The molecule has 0 bridgehead atoms. The highest BCUT2D eigenvalue weighted by Crippen LogP contribution is 2.32. The van der Waals surface area contributed by atoms with Crippen LogP contribution in [0.15, 0.2) is 0 Å². The maximum Gasteiger partial charge on any atom is 0.158 e. The van der Waals surface area contributed by atoms with Crippen molar-refractivity contribution in [1.29, 1.82) is 0 Å². The van der Waals surface area contributed by atoms with Crippen molar-refractivity contribution in [3.05, 3.63) is 16.3 Å². The van der Waals surface area contributed by atoms with Crippen molar-refractivity contribution in [2.24, 2.45) is 0 Å². The van der Waals surface area contributed by atoms with Gasteiger partial charge in [0.2, 0.25) is 0 Å². The lowest BCUT2D eigenvalue weighted by Crippen LogP contribution is -2.03. The molecule has 2 heterocycles. The summed E-state index contributed by atoms with van der Waals surface area (Å²) in [5.41, 5.74) is 1.26. The first-order valence-electron chi connectivity index (χ1n) is 5.69. The first kappa shape index (κ1) is 12.3. The van der Waals surface area contributed by atoms with Crippen LogP contribution in [0.2, 0.25) is 0 Å². The van der Waals surface area contributed by atoms with Gasteiger partial charge in [0, 0.05) is 18.5 Å². The number of ether oxygens (including phenoxy) is 1. The smallest absolute Gasteiger partial charge is 0.158 e. The minimum Gasteiger partial charge on any atom is -0.374 e. The molecule has 5 heteroatoms. The normalized spacial score (nSPS) is 11.1. The lowest BCUT2D eigenvalue weighted by atomic mass is 10.2. The first-order chi connectivity index (χ1) is 8.17. The summed E-state index contributed by atoms with van der Waals surface area (Å²) in [6.07, 6.45) is 0. The summed E-state index contributed by atoms with van der Waals surface area (Å²) >= 11 is 1.71. The zero-order valence-electron chi connectivity index (χ0n) is 10.6. The molecular formula is C12H17N3OS. The number of rotatable bonds is 4. The molecule has 2 aromatic heterocycles. The molecule has 0 aliphatic rings. The van der Waals surface area contributed by atoms with Gasteiger partial charge in [-0.25, -0.2) is 9.97 Å². The molecule has 0 unspecified atom stereocenters. The maximum absolute atomic E-state index is 5.36. The second-order valence-electron chi connectivity index (χ2n) is 3.84. The van der Waals surface area contributed by atoms with Crippen molar-refractivity contribution in [3.63, 3.8) is 0 Å². The summed E-state index contributed by atoms with van der Waals surface area (Å²) in [5.74, 6) is 1.64. The van der Waals surface area contributed by atoms with Gasteiger partial charge in [0.25, 0.3) is 0 Å². The lowest BCUT2D eigenvalue weighted by Gasteiger charge is -2.06. The van der Waals surface area contributed by atoms with Crippen LogP contribution in [-0.4, -0.2) is 23.6 Å². The number of aromatic nitrogens is 2. The molecule has 1 N–H and O–H groups in total. The molecule has 0 amide bonds. The monoisotopic (exact) mass is 251 g/mol. The van der Waals surface area contributed by atoms with Gasteiger partial charge in [-0.2, -0.15) is 0 Å². The summed E-state index contributed by atoms with van der Waals surface area (Å²) in [6.45, 7) is 7.34. The van der Waals surface area contributed by atoms with Gasteiger partial charge in [0.15, 0.2) is 5.82 Å². The minimum atomic E-state index is 0.469. The summed E-state index contributed by atoms with van der Waals surface area (Å²) in [4.78, 5) is 11.4. The van der Waals surface area contributed by atoms with Gasteiger partial charge in [-0.3, -0.25) is 0 Å². The number of nitrogens with zero attached hydrogens (tertiary/aromatic N) is 2. The molecule has 0 radical (unpaired) electrons. The average Bonchev–Trinajstić information content (AvgIpc) is 2.61. The SMILES string of the molecule is CCOCc1nc(NC)c2c(C)c(C)sc2n1. The van der Waals surface area contributed by atoms with Crippen LogP contribution >= 0.6 is 11.3 Å². The fourth-order valence-corrected chi connectivity index (χ4v) is 2.78. The number of hydrogen-bond donors (Lipinski definition) is 1. The molecule has 0 aromatic carbocycles. The third-order valence-electron chi connectivity index (χ3n) is 2.75. The van der Waals surface area contributed by atoms with E-state index in [1.807, 2.05) is 14.0 Å². The first-order valence-corrected chi connectivity index (χ1v) is 6.51. The Morgan fingerprint density at radius 1 is 1.29 bits per heavy atom. The summed E-state index contributed by atoms with van der Waals surface area (Å²) in [5, 5.41) is 4.28. The zero-order chi connectivity index (χ0) is 12.4. The Morgan fingerprint density at radius 3 is 2.71 bits per heavy atom. The highest BCUT2D eigenvalue weighted by atomic mass is 32.1. The molecular weight excluding hydrogens is 234 g/mol. The highest BCUT2D eigenvalue weighted by molar-refractivity contribution is 7.18. The van der Waals surface area contributed by atoms with Gasteiger partial charge in [-0.15, -0.1) is 11.3 Å². The summed E-state index contributed by atoms with van der Waals surface area (Å²) < 4.78 is 5.36. The van der Waals surface area contributed by atoms with E-state index in [0.717, 1.165) is 21.9 Å². The van der Waals surface area contributed by atoms with Crippen molar-refractivity contribution >= 4 is 27.4 Å². The highest BCUT2D eigenvalue weighted by Gasteiger charge is 2.13. The van der Waals surface area contributed by atoms with Crippen molar-refractivity contribution in [3.8, 4) is 0 Å². The minimum absolute atomic E-state index is 0.469. The van der Waals surface area contributed by atoms with Crippen LogP contribution < -0.4 is 5.32 Å². The van der Waals surface area contributed by atoms with Crippen molar-refractivity contribution in [2.45, 2.75) is 27.4 Å². The van der Waals surface area contributed by atoms with Crippen molar-refractivity contribution in [1.82, 2.24) is 9.97 Å². The molecule has 0 fully saturated rings. The topological polar surface area (TPSA) is 47.0 Å². The van der Waals surface area contributed by atoms with Gasteiger partial charge in [-0.05, 0) is 26.3 Å². The summed E-state index contributed by atoms with van der Waals surface area (Å²) in [7, 11) is 1.89. The van der Waals surface area contributed by atoms with Gasteiger partial charge in [-0.1, -0.05) is 0 Å². The fourth-order valence-electron chi connectivity index (χ4n) is 1.73. The standard InChI is InChI=1S/C12H17N3OS/c1-5-16-6-9-14-11(13-4)10-7(2)8(3)17-12(10)15-9/h5-6H2,1-4H3,(H,13,14,15). The maximum atomic E-state index is 5.36. The van der Waals surface area contributed by atoms with Gasteiger partial charge in [0.1, 0.15) is 17.3 Å². The quantitative estimate of drug-likeness (QED) is 0.907. The van der Waals surface area contributed by atoms with Crippen LogP contribution in [-0.2, 0) is 11.3 Å². The molecule has 92 valence electrons. The molecule has 0 saturated carbocycles. The Kier molecular flexibility index (Phi) is 3.59. The third kappa shape index (κ3) is 2.25. The lowest BCUT2D eigenvalue weighted by molar-refractivity contribution is 0.128. The molecule has 0 atom stereocenters. The van der Waals surface area contributed by atoms with Gasteiger partial charge in [0.05, 0.1) is 5.39 Å².